The fourth-order valence-corrected chi connectivity index (χ4v) is 3.13. The van der Waals surface area contributed by atoms with Crippen LogP contribution in [0.2, 0.25) is 5.02 Å². The Kier molecular flexibility index (Phi) is 5.96. The first-order chi connectivity index (χ1) is 12.8. The third kappa shape index (κ3) is 4.95. The van der Waals surface area contributed by atoms with Gasteiger partial charge in [-0.25, -0.2) is 9.97 Å². The van der Waals surface area contributed by atoms with E-state index in [0.717, 1.165) is 18.8 Å². The highest BCUT2D eigenvalue weighted by molar-refractivity contribution is 6.33. The lowest BCUT2D eigenvalue weighted by Crippen LogP contribution is -2.33. The van der Waals surface area contributed by atoms with Gasteiger partial charge in [0.15, 0.2) is 0 Å². The number of carbonyl (C=O) groups excluding carboxylic acids is 1. The van der Waals surface area contributed by atoms with Gasteiger partial charge >= 0.3 is 6.18 Å². The summed E-state index contributed by atoms with van der Waals surface area (Å²) >= 11 is 6.01. The Bertz CT molecular complexity index is 799. The first kappa shape index (κ1) is 19.6. The number of hydrogen-bond acceptors (Lipinski definition) is 4. The normalized spacial score (nSPS) is 20.3. The molecule has 2 unspecified atom stereocenters. The van der Waals surface area contributed by atoms with E-state index in [1.54, 1.807) is 24.3 Å². The molecule has 0 spiro atoms. The number of halogens is 4. The highest BCUT2D eigenvalue weighted by Gasteiger charge is 2.35. The summed E-state index contributed by atoms with van der Waals surface area (Å²) in [6.45, 7) is 0.865. The fourth-order valence-electron chi connectivity index (χ4n) is 2.91. The van der Waals surface area contributed by atoms with E-state index in [4.69, 9.17) is 16.3 Å². The van der Waals surface area contributed by atoms with Gasteiger partial charge in [0.2, 0.25) is 5.82 Å². The SMILES string of the molecule is O=C(NCC1CCOC(c2cnc(C(F)(F)F)nc2)C1)c1ccccc1Cl. The van der Waals surface area contributed by atoms with Crippen LogP contribution in [0.1, 0.15) is 40.7 Å². The van der Waals surface area contributed by atoms with Gasteiger partial charge < -0.3 is 10.1 Å². The van der Waals surface area contributed by atoms with Gasteiger partial charge in [0, 0.05) is 31.1 Å². The number of alkyl halides is 3. The first-order valence-corrected chi connectivity index (χ1v) is 8.76. The van der Waals surface area contributed by atoms with Crippen molar-refractivity contribution in [2.75, 3.05) is 13.2 Å². The number of nitrogens with zero attached hydrogens (tertiary/aromatic N) is 2. The molecule has 27 heavy (non-hydrogen) atoms. The second-order valence-corrected chi connectivity index (χ2v) is 6.68. The zero-order valence-corrected chi connectivity index (χ0v) is 14.9. The molecule has 5 nitrogen and oxygen atoms in total. The van der Waals surface area contributed by atoms with Crippen molar-refractivity contribution in [3.05, 3.63) is 58.6 Å². The van der Waals surface area contributed by atoms with Crippen LogP contribution in [0.15, 0.2) is 36.7 Å². The molecule has 3 rings (SSSR count). The Morgan fingerprint density at radius 3 is 2.63 bits per heavy atom. The van der Waals surface area contributed by atoms with Gasteiger partial charge in [-0.3, -0.25) is 4.79 Å². The summed E-state index contributed by atoms with van der Waals surface area (Å²) in [4.78, 5) is 19.0. The van der Waals surface area contributed by atoms with Crippen molar-refractivity contribution in [3.8, 4) is 0 Å². The third-order valence-electron chi connectivity index (χ3n) is 4.36. The van der Waals surface area contributed by atoms with Crippen molar-refractivity contribution < 1.29 is 22.7 Å². The van der Waals surface area contributed by atoms with E-state index in [1.807, 2.05) is 0 Å². The van der Waals surface area contributed by atoms with Crippen LogP contribution in [0.3, 0.4) is 0 Å². The van der Waals surface area contributed by atoms with Crippen LogP contribution in [0.5, 0.6) is 0 Å². The van der Waals surface area contributed by atoms with Crippen LogP contribution in [0.25, 0.3) is 0 Å². The molecule has 1 aromatic carbocycles. The lowest BCUT2D eigenvalue weighted by molar-refractivity contribution is -0.145. The van der Waals surface area contributed by atoms with Gasteiger partial charge in [-0.1, -0.05) is 23.7 Å². The molecule has 1 fully saturated rings. The summed E-state index contributed by atoms with van der Waals surface area (Å²) < 4.78 is 43.3. The minimum atomic E-state index is -4.57. The van der Waals surface area contributed by atoms with Gasteiger partial charge in [0.25, 0.3) is 5.91 Å². The number of benzene rings is 1. The topological polar surface area (TPSA) is 64.1 Å². The standard InChI is InChI=1S/C18H17ClF3N3O2/c19-14-4-2-1-3-13(14)16(26)23-8-11-5-6-27-15(7-11)12-9-24-17(25-10-12)18(20,21)22/h1-4,9-11,15H,5-8H2,(H,23,26). The maximum absolute atomic E-state index is 12.6. The van der Waals surface area contributed by atoms with Crippen molar-refractivity contribution in [1.82, 2.24) is 15.3 Å². The lowest BCUT2D eigenvalue weighted by atomic mass is 9.93. The van der Waals surface area contributed by atoms with Gasteiger partial charge in [0.1, 0.15) is 0 Å². The summed E-state index contributed by atoms with van der Waals surface area (Å²) in [5, 5.41) is 3.23. The van der Waals surface area contributed by atoms with Crippen LogP contribution in [-0.2, 0) is 10.9 Å². The molecular weight excluding hydrogens is 383 g/mol. The van der Waals surface area contributed by atoms with Gasteiger partial charge in [-0.05, 0) is 30.9 Å². The van der Waals surface area contributed by atoms with Gasteiger partial charge in [0.05, 0.1) is 16.7 Å². The zero-order chi connectivity index (χ0) is 19.4. The van der Waals surface area contributed by atoms with Crippen molar-refractivity contribution in [2.24, 2.45) is 5.92 Å². The summed E-state index contributed by atoms with van der Waals surface area (Å²) in [6.07, 6.45) is -1.39. The van der Waals surface area contributed by atoms with E-state index in [0.29, 0.717) is 35.7 Å². The van der Waals surface area contributed by atoms with Crippen LogP contribution in [-0.4, -0.2) is 29.0 Å². The monoisotopic (exact) mass is 399 g/mol. The average molecular weight is 400 g/mol. The van der Waals surface area contributed by atoms with E-state index in [-0.39, 0.29) is 11.8 Å². The van der Waals surface area contributed by atoms with Crippen molar-refractivity contribution in [2.45, 2.75) is 25.1 Å². The summed E-state index contributed by atoms with van der Waals surface area (Å²) in [6, 6.07) is 6.76. The molecule has 2 atom stereocenters. The largest absolute Gasteiger partial charge is 0.451 e. The molecule has 0 radical (unpaired) electrons. The lowest BCUT2D eigenvalue weighted by Gasteiger charge is -2.29. The molecule has 1 aliphatic heterocycles. The number of amides is 1. The highest BCUT2D eigenvalue weighted by atomic mass is 35.5. The number of aromatic nitrogens is 2. The zero-order valence-electron chi connectivity index (χ0n) is 14.2. The van der Waals surface area contributed by atoms with Crippen LogP contribution in [0.4, 0.5) is 13.2 Å². The van der Waals surface area contributed by atoms with E-state index >= 15 is 0 Å². The molecule has 2 heterocycles. The molecule has 2 aromatic rings. The smallest absolute Gasteiger partial charge is 0.373 e. The first-order valence-electron chi connectivity index (χ1n) is 8.38. The minimum Gasteiger partial charge on any atom is -0.373 e. The molecule has 0 saturated carbocycles. The predicted octanol–water partition coefficient (Wildman–Crippen LogP) is 4.05. The Labute approximate surface area is 158 Å². The van der Waals surface area contributed by atoms with E-state index < -0.39 is 18.1 Å². The predicted molar refractivity (Wildman–Crippen MR) is 92.2 cm³/mol. The maximum atomic E-state index is 12.6. The molecular formula is C18H17ClF3N3O2. The molecule has 1 aliphatic rings. The van der Waals surface area contributed by atoms with Crippen molar-refractivity contribution >= 4 is 17.5 Å². The number of rotatable bonds is 4. The number of nitrogens with one attached hydrogen (secondary N) is 1. The molecule has 0 aliphatic carbocycles. The molecule has 0 bridgehead atoms. The van der Waals surface area contributed by atoms with E-state index in [9.17, 15) is 18.0 Å². The van der Waals surface area contributed by atoms with Crippen LogP contribution in [0, 0.1) is 5.92 Å². The number of hydrogen-bond donors (Lipinski definition) is 1. The summed E-state index contributed by atoms with van der Waals surface area (Å²) in [7, 11) is 0. The Hall–Kier alpha value is -2.19. The van der Waals surface area contributed by atoms with E-state index in [1.165, 1.54) is 0 Å². The summed E-state index contributed by atoms with van der Waals surface area (Å²) in [5.74, 6) is -1.32. The number of carbonyl (C=O) groups is 1. The third-order valence-corrected chi connectivity index (χ3v) is 4.69. The quantitative estimate of drug-likeness (QED) is 0.842. The van der Waals surface area contributed by atoms with Crippen LogP contribution >= 0.6 is 11.6 Å². The van der Waals surface area contributed by atoms with Crippen molar-refractivity contribution in [3.63, 3.8) is 0 Å². The van der Waals surface area contributed by atoms with Crippen molar-refractivity contribution in [1.29, 1.82) is 0 Å². The van der Waals surface area contributed by atoms with Crippen LogP contribution < -0.4 is 5.32 Å². The molecule has 1 N–H and O–H groups in total. The maximum Gasteiger partial charge on any atom is 0.451 e. The number of ether oxygens (including phenoxy) is 1. The van der Waals surface area contributed by atoms with E-state index in [2.05, 4.69) is 15.3 Å². The fraction of sp³-hybridized carbons (Fsp3) is 0.389. The molecule has 1 amide bonds. The Morgan fingerprint density at radius 1 is 1.26 bits per heavy atom. The molecule has 144 valence electrons. The Balaban J connectivity index is 1.58. The molecule has 1 aromatic heterocycles. The Morgan fingerprint density at radius 2 is 1.96 bits per heavy atom. The van der Waals surface area contributed by atoms with Gasteiger partial charge in [-0.15, -0.1) is 0 Å². The summed E-state index contributed by atoms with van der Waals surface area (Å²) in [5.41, 5.74) is 0.893. The highest BCUT2D eigenvalue weighted by Crippen LogP contribution is 2.32. The second-order valence-electron chi connectivity index (χ2n) is 6.28. The second kappa shape index (κ2) is 8.22. The molecule has 9 heteroatoms. The molecule has 1 saturated heterocycles. The minimum absolute atomic E-state index is 0.123. The van der Waals surface area contributed by atoms with Gasteiger partial charge in [-0.2, -0.15) is 13.2 Å². The average Bonchev–Trinajstić information content (AvgIpc) is 2.66.